The van der Waals surface area contributed by atoms with Gasteiger partial charge in [0.15, 0.2) is 10.9 Å². The molecule has 8 nitrogen and oxygen atoms in total. The zero-order chi connectivity index (χ0) is 20.9. The van der Waals surface area contributed by atoms with Gasteiger partial charge in [-0.2, -0.15) is 4.98 Å². The summed E-state index contributed by atoms with van der Waals surface area (Å²) in [4.78, 5) is 22.2. The van der Waals surface area contributed by atoms with Crippen LogP contribution in [0.15, 0.2) is 60.0 Å². The number of aromatic nitrogens is 4. The van der Waals surface area contributed by atoms with Gasteiger partial charge in [-0.3, -0.25) is 9.36 Å². The van der Waals surface area contributed by atoms with Crippen LogP contribution >= 0.6 is 27.7 Å². The molecule has 0 N–H and O–H groups in total. The van der Waals surface area contributed by atoms with Crippen LogP contribution in [0.3, 0.4) is 0 Å². The highest BCUT2D eigenvalue weighted by molar-refractivity contribution is 9.10. The van der Waals surface area contributed by atoms with Gasteiger partial charge in [0.2, 0.25) is 11.7 Å². The molecule has 0 spiro atoms. The molecule has 0 saturated carbocycles. The number of ether oxygens (including phenoxy) is 1. The van der Waals surface area contributed by atoms with E-state index in [0.717, 1.165) is 4.47 Å². The third-order valence-electron chi connectivity index (χ3n) is 4.29. The number of halogens is 1. The van der Waals surface area contributed by atoms with Crippen LogP contribution in [0.4, 0.5) is 0 Å². The summed E-state index contributed by atoms with van der Waals surface area (Å²) in [6.07, 6.45) is 2.27. The van der Waals surface area contributed by atoms with Crippen molar-refractivity contribution in [1.82, 2.24) is 19.7 Å². The maximum atomic E-state index is 13.1. The first kappa shape index (κ1) is 20.8. The lowest BCUT2D eigenvalue weighted by molar-refractivity contribution is 0.140. The molecule has 3 heterocycles. The summed E-state index contributed by atoms with van der Waals surface area (Å²) < 4.78 is 18.5. The van der Waals surface area contributed by atoms with Crippen molar-refractivity contribution in [3.05, 3.63) is 57.3 Å². The third-order valence-corrected chi connectivity index (χ3v) is 5.74. The number of nitrogens with zero attached hydrogens (tertiary/aromatic N) is 4. The molecular formula is C20H19BrN4O4S. The highest BCUT2D eigenvalue weighted by atomic mass is 79.9. The summed E-state index contributed by atoms with van der Waals surface area (Å²) in [5.41, 5.74) is 0.565. The van der Waals surface area contributed by atoms with Gasteiger partial charge in [0.1, 0.15) is 0 Å². The summed E-state index contributed by atoms with van der Waals surface area (Å²) >= 11 is 4.81. The van der Waals surface area contributed by atoms with Gasteiger partial charge in [-0.15, -0.1) is 0 Å². The van der Waals surface area contributed by atoms with Gasteiger partial charge in [0.05, 0.1) is 22.9 Å². The van der Waals surface area contributed by atoms with Crippen molar-refractivity contribution in [1.29, 1.82) is 0 Å². The fourth-order valence-electron chi connectivity index (χ4n) is 2.89. The largest absolute Gasteiger partial charge is 0.461 e. The lowest BCUT2D eigenvalue weighted by Crippen LogP contribution is -2.24. The Morgan fingerprint density at radius 3 is 2.97 bits per heavy atom. The highest BCUT2D eigenvalue weighted by Crippen LogP contribution is 2.24. The molecule has 156 valence electrons. The van der Waals surface area contributed by atoms with E-state index in [1.807, 2.05) is 19.1 Å². The Bertz CT molecular complexity index is 1190. The predicted octanol–water partition coefficient (Wildman–Crippen LogP) is 4.52. The SMILES string of the molecule is CCOCCCn1c(SCc2nc(-c3ccco3)no2)nc2ccc(Br)cc2c1=O. The summed E-state index contributed by atoms with van der Waals surface area (Å²) in [6.45, 7) is 3.69. The summed E-state index contributed by atoms with van der Waals surface area (Å²) in [7, 11) is 0. The fraction of sp³-hybridized carbons (Fsp3) is 0.300. The fourth-order valence-corrected chi connectivity index (χ4v) is 4.12. The maximum absolute atomic E-state index is 13.1. The molecule has 0 aliphatic rings. The van der Waals surface area contributed by atoms with Gasteiger partial charge in [0, 0.05) is 24.2 Å². The lowest BCUT2D eigenvalue weighted by Gasteiger charge is -2.12. The second-order valence-corrected chi connectivity index (χ2v) is 8.20. The zero-order valence-corrected chi connectivity index (χ0v) is 18.6. The first-order valence-electron chi connectivity index (χ1n) is 9.43. The molecule has 0 radical (unpaired) electrons. The smallest absolute Gasteiger partial charge is 0.262 e. The molecule has 0 atom stereocenters. The van der Waals surface area contributed by atoms with E-state index < -0.39 is 0 Å². The Kier molecular flexibility index (Phi) is 6.66. The van der Waals surface area contributed by atoms with Crippen LogP contribution in [0, 0.1) is 0 Å². The van der Waals surface area contributed by atoms with Crippen LogP contribution < -0.4 is 5.56 Å². The van der Waals surface area contributed by atoms with E-state index in [1.165, 1.54) is 11.8 Å². The average molecular weight is 491 g/mol. The van der Waals surface area contributed by atoms with Gasteiger partial charge in [0.25, 0.3) is 5.56 Å². The molecule has 1 aromatic carbocycles. The Hall–Kier alpha value is -2.43. The van der Waals surface area contributed by atoms with Gasteiger partial charge in [-0.05, 0) is 43.7 Å². The van der Waals surface area contributed by atoms with E-state index in [0.29, 0.717) is 65.5 Å². The molecule has 3 aromatic heterocycles. The molecule has 0 unspecified atom stereocenters. The number of hydrogen-bond acceptors (Lipinski definition) is 8. The summed E-state index contributed by atoms with van der Waals surface area (Å²) in [5.74, 6) is 1.74. The second-order valence-electron chi connectivity index (χ2n) is 6.34. The van der Waals surface area contributed by atoms with E-state index in [1.54, 1.807) is 29.0 Å². The summed E-state index contributed by atoms with van der Waals surface area (Å²) in [5, 5.41) is 5.11. The van der Waals surface area contributed by atoms with Crippen molar-refractivity contribution in [2.75, 3.05) is 13.2 Å². The van der Waals surface area contributed by atoms with Crippen LogP contribution in [0.25, 0.3) is 22.5 Å². The van der Waals surface area contributed by atoms with E-state index in [4.69, 9.17) is 18.7 Å². The minimum absolute atomic E-state index is 0.0814. The third kappa shape index (κ3) is 4.66. The van der Waals surface area contributed by atoms with Crippen molar-refractivity contribution < 1.29 is 13.7 Å². The van der Waals surface area contributed by atoms with Crippen molar-refractivity contribution in [3.8, 4) is 11.6 Å². The molecule has 0 fully saturated rings. The topological polar surface area (TPSA) is 96.2 Å². The molecule has 0 bridgehead atoms. The molecule has 4 rings (SSSR count). The van der Waals surface area contributed by atoms with Gasteiger partial charge >= 0.3 is 0 Å². The molecule has 4 aromatic rings. The Morgan fingerprint density at radius 2 is 2.17 bits per heavy atom. The van der Waals surface area contributed by atoms with E-state index >= 15 is 0 Å². The highest BCUT2D eigenvalue weighted by Gasteiger charge is 2.15. The van der Waals surface area contributed by atoms with E-state index in [-0.39, 0.29) is 5.56 Å². The normalized spacial score (nSPS) is 11.4. The van der Waals surface area contributed by atoms with Crippen molar-refractivity contribution in [2.24, 2.45) is 0 Å². The van der Waals surface area contributed by atoms with Crippen molar-refractivity contribution in [3.63, 3.8) is 0 Å². The van der Waals surface area contributed by atoms with E-state index in [2.05, 4.69) is 26.1 Å². The number of rotatable bonds is 9. The number of benzene rings is 1. The van der Waals surface area contributed by atoms with Crippen molar-refractivity contribution >= 4 is 38.6 Å². The Morgan fingerprint density at radius 1 is 1.27 bits per heavy atom. The van der Waals surface area contributed by atoms with Crippen LogP contribution in [0.2, 0.25) is 0 Å². The summed E-state index contributed by atoms with van der Waals surface area (Å²) in [6, 6.07) is 9.03. The quantitative estimate of drug-likeness (QED) is 0.192. The Labute approximate surface area is 184 Å². The van der Waals surface area contributed by atoms with Crippen molar-refractivity contribution in [2.45, 2.75) is 30.8 Å². The molecule has 0 amide bonds. The predicted molar refractivity (Wildman–Crippen MR) is 116 cm³/mol. The van der Waals surface area contributed by atoms with Gasteiger partial charge < -0.3 is 13.7 Å². The number of thioether (sulfide) groups is 1. The standard InChI is InChI=1S/C20H19BrN4O4S/c1-2-27-9-4-8-25-19(26)14-11-13(21)6-7-15(14)22-20(25)30-12-17-23-18(24-29-17)16-5-3-10-28-16/h3,5-7,10-11H,2,4,8-9,12H2,1H3. The van der Waals surface area contributed by atoms with E-state index in [9.17, 15) is 4.79 Å². The van der Waals surface area contributed by atoms with Crippen LogP contribution in [-0.2, 0) is 17.0 Å². The number of fused-ring (bicyclic) bond motifs is 1. The van der Waals surface area contributed by atoms with Crippen LogP contribution in [-0.4, -0.2) is 32.9 Å². The first-order chi connectivity index (χ1) is 14.7. The maximum Gasteiger partial charge on any atom is 0.262 e. The molecule has 0 aliphatic heterocycles. The first-order valence-corrected chi connectivity index (χ1v) is 11.2. The molecule has 0 aliphatic carbocycles. The van der Waals surface area contributed by atoms with Crippen LogP contribution in [0.1, 0.15) is 19.2 Å². The number of hydrogen-bond donors (Lipinski definition) is 0. The van der Waals surface area contributed by atoms with Gasteiger partial charge in [-0.1, -0.05) is 32.8 Å². The molecule has 30 heavy (non-hydrogen) atoms. The van der Waals surface area contributed by atoms with Gasteiger partial charge in [-0.25, -0.2) is 4.98 Å². The minimum Gasteiger partial charge on any atom is -0.461 e. The zero-order valence-electron chi connectivity index (χ0n) is 16.2. The Balaban J connectivity index is 1.59. The molecular weight excluding hydrogens is 472 g/mol. The minimum atomic E-state index is -0.0814. The molecule has 10 heteroatoms. The van der Waals surface area contributed by atoms with Crippen LogP contribution in [0.5, 0.6) is 0 Å². The monoisotopic (exact) mass is 490 g/mol. The molecule has 0 saturated heterocycles. The second kappa shape index (κ2) is 9.59. The lowest BCUT2D eigenvalue weighted by atomic mass is 10.2. The number of furan rings is 1. The average Bonchev–Trinajstić information content (AvgIpc) is 3.43.